The number of nitrogens with one attached hydrogen (secondary N) is 2. The van der Waals surface area contributed by atoms with Crippen molar-refractivity contribution in [3.05, 3.63) is 70.7 Å². The van der Waals surface area contributed by atoms with Crippen molar-refractivity contribution in [2.75, 3.05) is 18.4 Å². The minimum Gasteiger partial charge on any atom is -0.495 e. The predicted octanol–water partition coefficient (Wildman–Crippen LogP) is 14.9. The van der Waals surface area contributed by atoms with Crippen LogP contribution in [-0.4, -0.2) is 44.6 Å². The van der Waals surface area contributed by atoms with Crippen LogP contribution in [0.3, 0.4) is 0 Å². The number of carbonyl (C=O) groups excluding carboxylic acids is 1. The molecule has 1 fully saturated rings. The first-order valence-electron chi connectivity index (χ1n) is 23.7. The van der Waals surface area contributed by atoms with Gasteiger partial charge in [-0.25, -0.2) is 19.2 Å². The molecule has 1 saturated carbocycles. The monoisotopic (exact) mass is 962 g/mol. The van der Waals surface area contributed by atoms with Crippen molar-refractivity contribution >= 4 is 42.9 Å². The third-order valence-electron chi connectivity index (χ3n) is 12.8. The summed E-state index contributed by atoms with van der Waals surface area (Å²) in [6.07, 6.45) is 6.34. The topological polar surface area (TPSA) is 138 Å². The molecule has 1 aliphatic rings. The van der Waals surface area contributed by atoms with E-state index in [0.29, 0.717) is 58.1 Å². The van der Waals surface area contributed by atoms with Gasteiger partial charge >= 0.3 is 25.9 Å². The van der Waals surface area contributed by atoms with Crippen LogP contribution in [0.5, 0.6) is 11.5 Å². The maximum absolute atomic E-state index is 14.2. The number of aromatic amines is 1. The normalized spacial score (nSPS) is 19.2. The molecule has 67 heavy (non-hydrogen) atoms. The van der Waals surface area contributed by atoms with Crippen LogP contribution in [0.4, 0.5) is 11.4 Å². The molecular weight excluding hydrogens is 882 g/mol. The van der Waals surface area contributed by atoms with Crippen molar-refractivity contribution in [2.24, 2.45) is 45.3 Å². The first-order chi connectivity index (χ1) is 30.9. The molecule has 2 heterocycles. The number of rotatable bonds is 15. The fourth-order valence-electron chi connectivity index (χ4n) is 9.99. The highest BCUT2D eigenvalue weighted by Crippen LogP contribution is 2.50. The molecule has 0 spiro atoms. The molecule has 12 nitrogen and oxygen atoms in total. The summed E-state index contributed by atoms with van der Waals surface area (Å²) in [6.45, 7) is 46.0. The summed E-state index contributed by atoms with van der Waals surface area (Å²) in [5, 5.41) is 3.22. The maximum Gasteiger partial charge on any atom is 0.331 e. The lowest BCUT2D eigenvalue weighted by Crippen LogP contribution is -2.49. The number of benzene rings is 2. The smallest absolute Gasteiger partial charge is 0.331 e. The zero-order valence-electron chi connectivity index (χ0n) is 43.7. The van der Waals surface area contributed by atoms with Gasteiger partial charge in [-0.05, 0) is 113 Å². The van der Waals surface area contributed by atoms with E-state index in [0.717, 1.165) is 36.8 Å². The number of hydrogen-bond acceptors (Lipinski definition) is 8. The van der Waals surface area contributed by atoms with Crippen LogP contribution in [0.15, 0.2) is 42.6 Å². The van der Waals surface area contributed by atoms with E-state index >= 15 is 0 Å². The van der Waals surface area contributed by atoms with Crippen LogP contribution in [0.1, 0.15) is 164 Å². The zero-order chi connectivity index (χ0) is 50.4. The van der Waals surface area contributed by atoms with Gasteiger partial charge in [-0.1, -0.05) is 123 Å². The molecule has 4 unspecified atom stereocenters. The fourth-order valence-corrected chi connectivity index (χ4v) is 10.9. The summed E-state index contributed by atoms with van der Waals surface area (Å²) >= 11 is -1.97. The second kappa shape index (κ2) is 22.0. The van der Waals surface area contributed by atoms with Crippen LogP contribution in [0.2, 0.25) is 0 Å². The van der Waals surface area contributed by atoms with Gasteiger partial charge in [-0.3, -0.25) is 18.9 Å². The Morgan fingerprint density at radius 3 is 2.12 bits per heavy atom. The highest BCUT2D eigenvalue weighted by atomic mass is 32.2. The summed E-state index contributed by atoms with van der Waals surface area (Å²) in [5.41, 5.74) is 3.89. The van der Waals surface area contributed by atoms with Crippen LogP contribution >= 0.6 is 8.69 Å². The molecule has 2 aromatic heterocycles. The molecule has 2 N–H and O–H groups in total. The number of fused-ring (bicyclic) bond motifs is 1. The molecule has 0 radical (unpaired) electrons. The van der Waals surface area contributed by atoms with E-state index in [9.17, 15) is 13.6 Å². The van der Waals surface area contributed by atoms with Crippen LogP contribution in [-0.2, 0) is 30.5 Å². The quantitative estimate of drug-likeness (QED) is 0.0520. The fraction of sp³-hybridized carbons (Fsp3) is 0.642. The summed E-state index contributed by atoms with van der Waals surface area (Å²) in [7, 11) is 1.34. The molecule has 4 aromatic rings. The number of H-pyrrole nitrogens is 1. The largest absolute Gasteiger partial charge is 0.495 e. The third kappa shape index (κ3) is 15.4. The number of aryl methyl sites for hydroxylation is 1. The average Bonchev–Trinajstić information content (AvgIpc) is 3.75. The first-order valence-corrected chi connectivity index (χ1v) is 25.5. The number of nitrogens with zero attached hydrogens (tertiary/aromatic N) is 3. The van der Waals surface area contributed by atoms with E-state index < -0.39 is 17.2 Å². The summed E-state index contributed by atoms with van der Waals surface area (Å²) < 4.78 is 50.8. The van der Waals surface area contributed by atoms with E-state index in [-0.39, 0.29) is 59.5 Å². The summed E-state index contributed by atoms with van der Waals surface area (Å²) in [5.74, 6) is 2.35. The second-order valence-electron chi connectivity index (χ2n) is 24.2. The van der Waals surface area contributed by atoms with Gasteiger partial charge in [0.2, 0.25) is 5.69 Å². The molecule has 0 bridgehead atoms. The first kappa shape index (κ1) is 55.4. The Kier molecular flexibility index (Phi) is 18.2. The lowest BCUT2D eigenvalue weighted by Gasteiger charge is -2.50. The molecule has 0 aliphatic heterocycles. The van der Waals surface area contributed by atoms with Gasteiger partial charge in [-0.15, -0.1) is 0 Å². The van der Waals surface area contributed by atoms with E-state index in [2.05, 4.69) is 132 Å². The van der Waals surface area contributed by atoms with Gasteiger partial charge < -0.3 is 13.7 Å². The van der Waals surface area contributed by atoms with Crippen LogP contribution in [0, 0.1) is 58.8 Å². The molecule has 1 aliphatic carbocycles. The summed E-state index contributed by atoms with van der Waals surface area (Å²) in [6, 6.07) is 11.4. The lowest BCUT2D eigenvalue weighted by molar-refractivity contribution is -0.0922. The predicted molar refractivity (Wildman–Crippen MR) is 273 cm³/mol. The van der Waals surface area contributed by atoms with Crippen LogP contribution in [0.25, 0.3) is 21.9 Å². The number of methoxy groups -OCH3 is 1. The van der Waals surface area contributed by atoms with E-state index in [1.807, 2.05) is 25.1 Å². The molecule has 2 aromatic carbocycles. The van der Waals surface area contributed by atoms with Crippen molar-refractivity contribution < 1.29 is 31.7 Å². The number of carbonyl (C=O) groups is 1. The molecule has 0 saturated heterocycles. The van der Waals surface area contributed by atoms with Crippen molar-refractivity contribution in [2.45, 2.75) is 161 Å². The Balaban J connectivity index is 0.000000716. The SMILES string of the molecule is CC(CCOP=O)CC(C)(C)C.[C-]#[N+]c1cn2[nH]c(-c3ccc(OC)c(NS(=O)Oc4cc(C(C)(C)CC(C)(C)C)ccc4C)c3)nc2c1C(=O)OC1C(C(C)(C)C)CC(C)CC1C(C)(C)C. The van der Waals surface area contributed by atoms with Gasteiger partial charge in [0.15, 0.2) is 11.5 Å². The Morgan fingerprint density at radius 2 is 1.58 bits per heavy atom. The molecule has 4 atom stereocenters. The molecule has 370 valence electrons. The average molecular weight is 962 g/mol. The van der Waals surface area contributed by atoms with Crippen molar-refractivity contribution in [1.82, 2.24) is 14.6 Å². The second-order valence-corrected chi connectivity index (χ2v) is 25.4. The maximum atomic E-state index is 14.2. The zero-order valence-corrected chi connectivity index (χ0v) is 45.4. The van der Waals surface area contributed by atoms with E-state index in [1.54, 1.807) is 22.8 Å². The van der Waals surface area contributed by atoms with Gasteiger partial charge in [0.25, 0.3) is 0 Å². The standard InChI is InChI=1S/C44H61N5O5S.C9H19O2P/c1-26-20-30(42(6,7)8)37(31(21-26)43(9,10)11)53-40(50)36-33(45-14)24-49-39(36)46-38(47-49)28-17-19-34(52-15)32(22-28)48-55(51)54-35-23-29(18-16-27(35)2)44(12,13)25-41(3,4)5;1-8(5-6-11-12-10)7-9(2,3)4/h16-19,22-24,26,30-31,37,48H,20-21,25H2,1-13,15H3,(H,46,47);8H,5-7H2,1-4H3. The lowest BCUT2D eigenvalue weighted by atomic mass is 9.59. The molecular formula is C53H80N5O7PS. The van der Waals surface area contributed by atoms with E-state index in [4.69, 9.17) is 29.7 Å². The number of ether oxygens (including phenoxy) is 2. The van der Waals surface area contributed by atoms with Gasteiger partial charge in [0.1, 0.15) is 23.2 Å². The molecule has 5 rings (SSSR count). The third-order valence-corrected chi connectivity index (χ3v) is 13.8. The highest BCUT2D eigenvalue weighted by Gasteiger charge is 2.48. The molecule has 14 heteroatoms. The molecule has 0 amide bonds. The Labute approximate surface area is 406 Å². The van der Waals surface area contributed by atoms with Gasteiger partial charge in [0, 0.05) is 23.6 Å². The minimum atomic E-state index is -1.97. The van der Waals surface area contributed by atoms with Gasteiger partial charge in [0.05, 0.1) is 26.0 Å². The highest BCUT2D eigenvalue weighted by molar-refractivity contribution is 7.82. The Morgan fingerprint density at radius 1 is 0.955 bits per heavy atom. The number of aromatic nitrogens is 3. The number of esters is 1. The van der Waals surface area contributed by atoms with Crippen molar-refractivity contribution in [3.63, 3.8) is 0 Å². The summed E-state index contributed by atoms with van der Waals surface area (Å²) in [4.78, 5) is 22.7. The number of anilines is 1. The van der Waals surface area contributed by atoms with Crippen LogP contribution < -0.4 is 13.6 Å². The minimum absolute atomic E-state index is 0.0813. The Bertz CT molecular complexity index is 2360. The Hall–Kier alpha value is -4.24. The van der Waals surface area contributed by atoms with Crippen molar-refractivity contribution in [1.29, 1.82) is 0 Å². The van der Waals surface area contributed by atoms with Crippen molar-refractivity contribution in [3.8, 4) is 22.9 Å². The van der Waals surface area contributed by atoms with Gasteiger partial charge in [-0.2, -0.15) is 4.21 Å². The number of hydrogen-bond donors (Lipinski definition) is 2. The van der Waals surface area contributed by atoms with E-state index in [1.165, 1.54) is 13.5 Å².